The van der Waals surface area contributed by atoms with Gasteiger partial charge >= 0.3 is 0 Å². The molecule has 2 bridgehead atoms. The molecule has 1 heterocycles. The van der Waals surface area contributed by atoms with E-state index in [1.807, 2.05) is 12.1 Å². The van der Waals surface area contributed by atoms with E-state index >= 15 is 0 Å². The summed E-state index contributed by atoms with van der Waals surface area (Å²) in [5, 5.41) is 0. The lowest BCUT2D eigenvalue weighted by atomic mass is 9.89. The summed E-state index contributed by atoms with van der Waals surface area (Å²) in [7, 11) is 0. The standard InChI is InChI=1S/C14H15BrN2O/c15-9-5-11(16)13-12(6-9)17-14(18-13)10-4-7-1-2-8(10)3-7/h5-8,10H,1-4,16H2. The van der Waals surface area contributed by atoms with Crippen molar-refractivity contribution in [2.75, 3.05) is 5.73 Å². The van der Waals surface area contributed by atoms with Crippen molar-refractivity contribution in [1.82, 2.24) is 4.98 Å². The van der Waals surface area contributed by atoms with Crippen molar-refractivity contribution in [3.63, 3.8) is 0 Å². The van der Waals surface area contributed by atoms with Crippen LogP contribution < -0.4 is 5.73 Å². The van der Waals surface area contributed by atoms with E-state index in [0.29, 0.717) is 11.6 Å². The Labute approximate surface area is 114 Å². The van der Waals surface area contributed by atoms with E-state index in [9.17, 15) is 0 Å². The molecule has 0 amide bonds. The van der Waals surface area contributed by atoms with Crippen molar-refractivity contribution in [2.24, 2.45) is 11.8 Å². The number of hydrogen-bond donors (Lipinski definition) is 1. The third-order valence-corrected chi connectivity index (χ3v) is 5.01. The fourth-order valence-corrected chi connectivity index (χ4v) is 4.21. The molecule has 4 rings (SSSR count). The van der Waals surface area contributed by atoms with Gasteiger partial charge in [-0.25, -0.2) is 4.98 Å². The Balaban J connectivity index is 1.80. The van der Waals surface area contributed by atoms with Crippen LogP contribution in [0.25, 0.3) is 11.1 Å². The second kappa shape index (κ2) is 3.73. The molecule has 2 fully saturated rings. The van der Waals surface area contributed by atoms with E-state index in [1.165, 1.54) is 25.7 Å². The van der Waals surface area contributed by atoms with Crippen molar-refractivity contribution < 1.29 is 4.42 Å². The van der Waals surface area contributed by atoms with Gasteiger partial charge in [0.25, 0.3) is 0 Å². The molecule has 0 saturated heterocycles. The molecule has 0 aliphatic heterocycles. The Hall–Kier alpha value is -1.03. The topological polar surface area (TPSA) is 52.0 Å². The Morgan fingerprint density at radius 3 is 2.89 bits per heavy atom. The summed E-state index contributed by atoms with van der Waals surface area (Å²) in [4.78, 5) is 4.66. The van der Waals surface area contributed by atoms with Crippen molar-refractivity contribution in [3.05, 3.63) is 22.5 Å². The Morgan fingerprint density at radius 1 is 1.28 bits per heavy atom. The lowest BCUT2D eigenvalue weighted by Gasteiger charge is -2.17. The van der Waals surface area contributed by atoms with Crippen LogP contribution in [0, 0.1) is 11.8 Å². The number of fused-ring (bicyclic) bond motifs is 3. The minimum absolute atomic E-state index is 0.523. The van der Waals surface area contributed by atoms with Gasteiger partial charge in [0.1, 0.15) is 5.52 Å². The van der Waals surface area contributed by atoms with Crippen LogP contribution in [-0.2, 0) is 0 Å². The van der Waals surface area contributed by atoms with Crippen molar-refractivity contribution in [2.45, 2.75) is 31.6 Å². The van der Waals surface area contributed by atoms with Crippen LogP contribution in [0.1, 0.15) is 37.5 Å². The summed E-state index contributed by atoms with van der Waals surface area (Å²) in [6.07, 6.45) is 5.35. The smallest absolute Gasteiger partial charge is 0.198 e. The van der Waals surface area contributed by atoms with Crippen LogP contribution in [0.2, 0.25) is 0 Å². The number of anilines is 1. The summed E-state index contributed by atoms with van der Waals surface area (Å²) in [5.74, 6) is 3.11. The molecule has 18 heavy (non-hydrogen) atoms. The monoisotopic (exact) mass is 306 g/mol. The number of benzene rings is 1. The number of hydrogen-bond acceptors (Lipinski definition) is 3. The Kier molecular flexibility index (Phi) is 2.25. The van der Waals surface area contributed by atoms with Gasteiger partial charge in [0.15, 0.2) is 11.5 Å². The summed E-state index contributed by atoms with van der Waals surface area (Å²) < 4.78 is 6.89. The number of nitrogen functional groups attached to an aromatic ring is 1. The van der Waals surface area contributed by atoms with Crippen molar-refractivity contribution in [3.8, 4) is 0 Å². The highest BCUT2D eigenvalue weighted by Crippen LogP contribution is 2.53. The van der Waals surface area contributed by atoms with E-state index < -0.39 is 0 Å². The van der Waals surface area contributed by atoms with Crippen LogP contribution in [0.15, 0.2) is 21.0 Å². The maximum absolute atomic E-state index is 5.98. The number of halogens is 1. The molecule has 2 aromatic rings. The molecule has 94 valence electrons. The third-order valence-electron chi connectivity index (χ3n) is 4.56. The zero-order valence-electron chi connectivity index (χ0n) is 10.0. The van der Waals surface area contributed by atoms with Gasteiger partial charge in [0, 0.05) is 10.4 Å². The number of nitrogens with zero attached hydrogens (tertiary/aromatic N) is 1. The van der Waals surface area contributed by atoms with Gasteiger partial charge < -0.3 is 10.2 Å². The van der Waals surface area contributed by atoms with E-state index in [2.05, 4.69) is 20.9 Å². The van der Waals surface area contributed by atoms with Crippen LogP contribution >= 0.6 is 15.9 Å². The summed E-state index contributed by atoms with van der Waals surface area (Å²) in [6.45, 7) is 0. The van der Waals surface area contributed by atoms with Crippen LogP contribution in [0.3, 0.4) is 0 Å². The second-order valence-corrected chi connectivity index (χ2v) is 6.59. The summed E-state index contributed by atoms with van der Waals surface area (Å²) in [5.41, 5.74) is 8.27. The first-order chi connectivity index (χ1) is 8.70. The number of aromatic nitrogens is 1. The molecule has 3 nitrogen and oxygen atoms in total. The predicted molar refractivity (Wildman–Crippen MR) is 74.3 cm³/mol. The second-order valence-electron chi connectivity index (χ2n) is 5.68. The summed E-state index contributed by atoms with van der Waals surface area (Å²) >= 11 is 3.45. The minimum atomic E-state index is 0.523. The van der Waals surface area contributed by atoms with Gasteiger partial charge in [0.05, 0.1) is 5.69 Å². The molecule has 2 aliphatic carbocycles. The number of rotatable bonds is 1. The van der Waals surface area contributed by atoms with Crippen LogP contribution in [-0.4, -0.2) is 4.98 Å². The van der Waals surface area contributed by atoms with Gasteiger partial charge in [-0.2, -0.15) is 0 Å². The number of nitrogens with two attached hydrogens (primary N) is 1. The SMILES string of the molecule is Nc1cc(Br)cc2nc(C3CC4CCC3C4)oc12. The van der Waals surface area contributed by atoms with Gasteiger partial charge in [-0.15, -0.1) is 0 Å². The zero-order chi connectivity index (χ0) is 12.3. The number of oxazole rings is 1. The van der Waals surface area contributed by atoms with E-state index in [-0.39, 0.29) is 0 Å². The van der Waals surface area contributed by atoms with Gasteiger partial charge in [-0.05, 0) is 43.2 Å². The van der Waals surface area contributed by atoms with E-state index in [4.69, 9.17) is 10.2 Å². The molecular formula is C14H15BrN2O. The fourth-order valence-electron chi connectivity index (χ4n) is 3.75. The molecular weight excluding hydrogens is 292 g/mol. The third kappa shape index (κ3) is 1.51. The molecule has 3 atom stereocenters. The van der Waals surface area contributed by atoms with E-state index in [0.717, 1.165) is 33.3 Å². The van der Waals surface area contributed by atoms with Crippen LogP contribution in [0.4, 0.5) is 5.69 Å². The lowest BCUT2D eigenvalue weighted by molar-refractivity contribution is 0.355. The first-order valence-corrected chi connectivity index (χ1v) is 7.35. The Bertz CT molecular complexity index is 622. The van der Waals surface area contributed by atoms with Crippen LogP contribution in [0.5, 0.6) is 0 Å². The highest BCUT2D eigenvalue weighted by Gasteiger charge is 2.42. The first-order valence-electron chi connectivity index (χ1n) is 6.56. The normalized spacial score (nSPS) is 30.4. The Morgan fingerprint density at radius 2 is 2.17 bits per heavy atom. The summed E-state index contributed by atoms with van der Waals surface area (Å²) in [6, 6.07) is 3.85. The lowest BCUT2D eigenvalue weighted by Crippen LogP contribution is -2.08. The minimum Gasteiger partial charge on any atom is -0.438 e. The van der Waals surface area contributed by atoms with Crippen molar-refractivity contribution >= 4 is 32.7 Å². The first kappa shape index (κ1) is 10.9. The molecule has 2 saturated carbocycles. The molecule has 2 aliphatic rings. The highest BCUT2D eigenvalue weighted by atomic mass is 79.9. The molecule has 2 N–H and O–H groups in total. The molecule has 3 unspecified atom stereocenters. The van der Waals surface area contributed by atoms with Crippen molar-refractivity contribution in [1.29, 1.82) is 0 Å². The maximum atomic E-state index is 5.98. The highest BCUT2D eigenvalue weighted by molar-refractivity contribution is 9.10. The van der Waals surface area contributed by atoms with E-state index in [1.54, 1.807) is 0 Å². The quantitative estimate of drug-likeness (QED) is 0.808. The zero-order valence-corrected chi connectivity index (χ0v) is 11.6. The largest absolute Gasteiger partial charge is 0.438 e. The fraction of sp³-hybridized carbons (Fsp3) is 0.500. The average Bonchev–Trinajstić information content (AvgIpc) is 3.01. The molecule has 0 spiro atoms. The van der Waals surface area contributed by atoms with Gasteiger partial charge in [0.2, 0.25) is 0 Å². The average molecular weight is 307 g/mol. The molecule has 1 aromatic carbocycles. The predicted octanol–water partition coefficient (Wildman–Crippen LogP) is 4.08. The molecule has 0 radical (unpaired) electrons. The maximum Gasteiger partial charge on any atom is 0.198 e. The van der Waals surface area contributed by atoms with Gasteiger partial charge in [-0.1, -0.05) is 22.4 Å². The molecule has 4 heteroatoms. The molecule has 1 aromatic heterocycles. The van der Waals surface area contributed by atoms with Gasteiger partial charge in [-0.3, -0.25) is 0 Å².